The highest BCUT2D eigenvalue weighted by atomic mass is 14.4. The Morgan fingerprint density at radius 2 is 2.00 bits per heavy atom. The normalized spacial score (nSPS) is 26.9. The Bertz CT molecular complexity index is 446. The molecule has 0 fully saturated rings. The number of rotatable bonds is 0. The van der Waals surface area contributed by atoms with E-state index in [1.54, 1.807) is 11.1 Å². The summed E-state index contributed by atoms with van der Waals surface area (Å²) in [6.45, 7) is 7.13. The predicted octanol–water partition coefficient (Wildman–Crippen LogP) is 4.72. The Hall–Kier alpha value is -1.04. The summed E-state index contributed by atoms with van der Waals surface area (Å²) >= 11 is 0. The molecule has 2 unspecified atom stereocenters. The molecule has 2 atom stereocenters. The maximum Gasteiger partial charge on any atom is -0.0104 e. The van der Waals surface area contributed by atoms with Gasteiger partial charge >= 0.3 is 0 Å². The van der Waals surface area contributed by atoms with Crippen LogP contribution in [0.1, 0.15) is 62.1 Å². The van der Waals surface area contributed by atoms with Gasteiger partial charge in [0.15, 0.2) is 0 Å². The van der Waals surface area contributed by atoms with E-state index in [0.717, 1.165) is 11.8 Å². The molecule has 0 nitrogen and oxygen atoms in total. The van der Waals surface area contributed by atoms with Crippen LogP contribution in [0.2, 0.25) is 0 Å². The van der Waals surface area contributed by atoms with E-state index in [1.165, 1.54) is 18.4 Å². The van der Waals surface area contributed by atoms with Gasteiger partial charge in [-0.25, -0.2) is 0 Å². The Balaban J connectivity index is 2.16. The van der Waals surface area contributed by atoms with Crippen LogP contribution < -0.4 is 0 Å². The molecule has 0 N–H and O–H groups in total. The minimum atomic E-state index is 0.395. The van der Waals surface area contributed by atoms with Gasteiger partial charge in [-0.1, -0.05) is 51.1 Å². The fourth-order valence-electron chi connectivity index (χ4n) is 3.45. The Morgan fingerprint density at radius 1 is 1.19 bits per heavy atom. The topological polar surface area (TPSA) is 0 Å². The van der Waals surface area contributed by atoms with Crippen LogP contribution in [-0.2, 0) is 0 Å². The zero-order chi connectivity index (χ0) is 11.3. The highest BCUT2D eigenvalue weighted by Crippen LogP contribution is 2.53. The maximum absolute atomic E-state index is 2.38. The number of allylic oxidation sites excluding steroid dienone is 1. The largest absolute Gasteiger partial charge is 0.0833 e. The van der Waals surface area contributed by atoms with Gasteiger partial charge in [-0.2, -0.15) is 0 Å². The lowest BCUT2D eigenvalue weighted by atomic mass is 9.77. The summed E-state index contributed by atoms with van der Waals surface area (Å²) in [7, 11) is 0. The average molecular weight is 212 g/mol. The predicted molar refractivity (Wildman–Crippen MR) is 69.6 cm³/mol. The molecule has 16 heavy (non-hydrogen) atoms. The van der Waals surface area contributed by atoms with E-state index in [0.29, 0.717) is 5.41 Å². The van der Waals surface area contributed by atoms with Gasteiger partial charge in [0.25, 0.3) is 0 Å². The van der Waals surface area contributed by atoms with Gasteiger partial charge in [0.05, 0.1) is 0 Å². The standard InChI is InChI=1S/C16H20/c1-16(2,3)14-10-12-8-4-6-11-7-5-9-13(14)15(11)12/h4-7,9,12,14H,8,10H2,1-3H3. The summed E-state index contributed by atoms with van der Waals surface area (Å²) in [5.41, 5.74) is 5.15. The average Bonchev–Trinajstić information content (AvgIpc) is 2.60. The zero-order valence-electron chi connectivity index (χ0n) is 10.5. The van der Waals surface area contributed by atoms with E-state index in [4.69, 9.17) is 0 Å². The van der Waals surface area contributed by atoms with Crippen LogP contribution in [0.5, 0.6) is 0 Å². The van der Waals surface area contributed by atoms with Crippen molar-refractivity contribution in [2.75, 3.05) is 0 Å². The molecule has 0 saturated heterocycles. The molecule has 1 aromatic carbocycles. The summed E-state index contributed by atoms with van der Waals surface area (Å²) in [6.07, 6.45) is 7.25. The number of hydrogen-bond donors (Lipinski definition) is 0. The van der Waals surface area contributed by atoms with Crippen molar-refractivity contribution in [3.05, 3.63) is 41.0 Å². The van der Waals surface area contributed by atoms with Crippen LogP contribution in [-0.4, -0.2) is 0 Å². The lowest BCUT2D eigenvalue weighted by Crippen LogP contribution is -2.15. The van der Waals surface area contributed by atoms with Crippen LogP contribution in [0.3, 0.4) is 0 Å². The van der Waals surface area contributed by atoms with Crippen molar-refractivity contribution in [1.82, 2.24) is 0 Å². The quantitative estimate of drug-likeness (QED) is 0.583. The second kappa shape index (κ2) is 3.23. The van der Waals surface area contributed by atoms with Crippen molar-refractivity contribution in [3.63, 3.8) is 0 Å². The molecule has 0 aliphatic heterocycles. The molecule has 0 radical (unpaired) electrons. The third kappa shape index (κ3) is 1.36. The van der Waals surface area contributed by atoms with Crippen molar-refractivity contribution in [2.24, 2.45) is 5.41 Å². The van der Waals surface area contributed by atoms with Gasteiger partial charge in [0.2, 0.25) is 0 Å². The first-order valence-electron chi connectivity index (χ1n) is 6.37. The molecule has 3 rings (SSSR count). The van der Waals surface area contributed by atoms with Crippen LogP contribution in [0.15, 0.2) is 24.3 Å². The number of benzene rings is 1. The zero-order valence-corrected chi connectivity index (χ0v) is 10.5. The van der Waals surface area contributed by atoms with Crippen LogP contribution in [0, 0.1) is 5.41 Å². The molecular formula is C16H20. The Labute approximate surface area is 98.4 Å². The van der Waals surface area contributed by atoms with E-state index in [2.05, 4.69) is 51.1 Å². The summed E-state index contributed by atoms with van der Waals surface area (Å²) in [4.78, 5) is 0. The maximum atomic E-state index is 2.38. The summed E-state index contributed by atoms with van der Waals surface area (Å²) < 4.78 is 0. The summed E-state index contributed by atoms with van der Waals surface area (Å²) in [5, 5.41) is 0. The first-order valence-corrected chi connectivity index (χ1v) is 6.37. The monoisotopic (exact) mass is 212 g/mol. The van der Waals surface area contributed by atoms with E-state index in [9.17, 15) is 0 Å². The lowest BCUT2D eigenvalue weighted by molar-refractivity contribution is 0.309. The molecule has 0 amide bonds. The summed E-state index contributed by atoms with van der Waals surface area (Å²) in [5.74, 6) is 1.53. The molecule has 0 saturated carbocycles. The Morgan fingerprint density at radius 3 is 2.75 bits per heavy atom. The molecule has 0 aromatic heterocycles. The second-order valence-corrected chi connectivity index (χ2v) is 6.34. The minimum absolute atomic E-state index is 0.395. The van der Waals surface area contributed by atoms with Crippen molar-refractivity contribution in [2.45, 2.75) is 45.4 Å². The smallest absolute Gasteiger partial charge is 0.0104 e. The number of hydrogen-bond acceptors (Lipinski definition) is 0. The molecule has 2 aliphatic carbocycles. The van der Waals surface area contributed by atoms with Crippen molar-refractivity contribution in [3.8, 4) is 0 Å². The van der Waals surface area contributed by atoms with E-state index >= 15 is 0 Å². The van der Waals surface area contributed by atoms with Crippen molar-refractivity contribution >= 4 is 6.08 Å². The molecule has 2 aliphatic rings. The fourth-order valence-corrected chi connectivity index (χ4v) is 3.45. The molecule has 0 heterocycles. The van der Waals surface area contributed by atoms with Crippen molar-refractivity contribution < 1.29 is 0 Å². The van der Waals surface area contributed by atoms with Crippen LogP contribution >= 0.6 is 0 Å². The van der Waals surface area contributed by atoms with Gasteiger partial charge in [0, 0.05) is 0 Å². The van der Waals surface area contributed by atoms with Crippen LogP contribution in [0.4, 0.5) is 0 Å². The second-order valence-electron chi connectivity index (χ2n) is 6.34. The first kappa shape index (κ1) is 10.1. The molecule has 1 aromatic rings. The SMILES string of the molecule is CC(C)(C)C1CC2CC=Cc3cccc1c32. The van der Waals surface area contributed by atoms with Gasteiger partial charge in [0.1, 0.15) is 0 Å². The minimum Gasteiger partial charge on any atom is -0.0833 e. The van der Waals surface area contributed by atoms with Crippen LogP contribution in [0.25, 0.3) is 6.08 Å². The van der Waals surface area contributed by atoms with E-state index in [-0.39, 0.29) is 0 Å². The third-order valence-electron chi connectivity index (χ3n) is 4.24. The molecule has 0 bridgehead atoms. The first-order chi connectivity index (χ1) is 7.57. The van der Waals surface area contributed by atoms with E-state index < -0.39 is 0 Å². The fraction of sp³-hybridized carbons (Fsp3) is 0.500. The molecule has 0 heteroatoms. The highest BCUT2D eigenvalue weighted by molar-refractivity contribution is 5.62. The Kier molecular flexibility index (Phi) is 2.04. The highest BCUT2D eigenvalue weighted by Gasteiger charge is 2.38. The van der Waals surface area contributed by atoms with Gasteiger partial charge in [-0.3, -0.25) is 0 Å². The summed E-state index contributed by atoms with van der Waals surface area (Å²) in [6, 6.07) is 6.85. The lowest BCUT2D eigenvalue weighted by Gasteiger charge is -2.28. The van der Waals surface area contributed by atoms with Gasteiger partial charge < -0.3 is 0 Å². The third-order valence-corrected chi connectivity index (χ3v) is 4.24. The van der Waals surface area contributed by atoms with Crippen molar-refractivity contribution in [1.29, 1.82) is 0 Å². The van der Waals surface area contributed by atoms with Gasteiger partial charge in [-0.05, 0) is 46.8 Å². The molecule has 0 spiro atoms. The van der Waals surface area contributed by atoms with Gasteiger partial charge in [-0.15, -0.1) is 0 Å². The molecule has 84 valence electrons. The molecular weight excluding hydrogens is 192 g/mol. The van der Waals surface area contributed by atoms with E-state index in [1.807, 2.05) is 0 Å².